The molecule has 6 atom stereocenters. The third-order valence-electron chi connectivity index (χ3n) is 8.49. The minimum atomic E-state index is -1.27. The normalized spacial score (nSPS) is 53.5. The Morgan fingerprint density at radius 2 is 1.83 bits per heavy atom. The quantitative estimate of drug-likeness (QED) is 0.670. The van der Waals surface area contributed by atoms with Gasteiger partial charge in [0.2, 0.25) is 0 Å². The number of rotatable bonds is 0. The molecule has 3 fully saturated rings. The van der Waals surface area contributed by atoms with Gasteiger partial charge in [-0.3, -0.25) is 4.79 Å². The Bertz CT molecular complexity index is 679. The molecular formula is C20H27NO3. The van der Waals surface area contributed by atoms with Gasteiger partial charge in [0.1, 0.15) is 0 Å². The highest BCUT2D eigenvalue weighted by molar-refractivity contribution is 5.91. The first kappa shape index (κ1) is 16.3. The second-order valence-corrected chi connectivity index (χ2v) is 9.07. The highest BCUT2D eigenvalue weighted by atomic mass is 16.3. The molecule has 4 aliphatic rings. The molecule has 130 valence electrons. The number of nitriles is 1. The molecule has 0 aromatic heterocycles. The maximum Gasteiger partial charge on any atom is 0.156 e. The summed E-state index contributed by atoms with van der Waals surface area (Å²) in [5.41, 5.74) is -1.73. The van der Waals surface area contributed by atoms with Crippen LogP contribution >= 0.6 is 0 Å². The number of ketones is 1. The lowest BCUT2D eigenvalue weighted by atomic mass is 9.44. The first-order chi connectivity index (χ1) is 11.2. The fourth-order valence-corrected chi connectivity index (χ4v) is 6.70. The van der Waals surface area contributed by atoms with Gasteiger partial charge in [0.25, 0.3) is 0 Å². The molecular weight excluding hydrogens is 302 g/mol. The summed E-state index contributed by atoms with van der Waals surface area (Å²) in [6, 6.07) is 2.18. The lowest BCUT2D eigenvalue weighted by molar-refractivity contribution is -0.202. The number of nitrogens with zero attached hydrogens (tertiary/aromatic N) is 1. The molecule has 4 heteroatoms. The Balaban J connectivity index is 1.77. The van der Waals surface area contributed by atoms with Crippen molar-refractivity contribution in [3.63, 3.8) is 0 Å². The van der Waals surface area contributed by atoms with Crippen LogP contribution in [0.15, 0.2) is 11.6 Å². The molecule has 0 amide bonds. The molecule has 0 saturated heterocycles. The Morgan fingerprint density at radius 1 is 1.08 bits per heavy atom. The van der Waals surface area contributed by atoms with E-state index in [1.807, 2.05) is 6.92 Å². The van der Waals surface area contributed by atoms with Gasteiger partial charge in [-0.2, -0.15) is 5.26 Å². The number of fused-ring (bicyclic) bond motifs is 5. The predicted octanol–water partition coefficient (Wildman–Crippen LogP) is 2.89. The van der Waals surface area contributed by atoms with E-state index in [1.165, 1.54) is 0 Å². The van der Waals surface area contributed by atoms with E-state index < -0.39 is 16.6 Å². The second kappa shape index (κ2) is 4.71. The standard InChI is InChI=1S/C20H27NO3/c1-17-7-5-14(22)11-13(17)3-4-16-15-6-8-19(23,12-21)18(15,2)9-10-20(16,17)24/h11,15-16,23-24H,3-10H2,1-2H3/t15-,16+,17+,18+,19+,20-/m1/s1. The van der Waals surface area contributed by atoms with Crippen molar-refractivity contribution in [3.05, 3.63) is 11.6 Å². The Hall–Kier alpha value is -1.18. The highest BCUT2D eigenvalue weighted by Crippen LogP contribution is 2.68. The third kappa shape index (κ3) is 1.68. The van der Waals surface area contributed by atoms with Crippen molar-refractivity contribution in [1.82, 2.24) is 0 Å². The van der Waals surface area contributed by atoms with Crippen LogP contribution in [0.3, 0.4) is 0 Å². The molecule has 0 unspecified atom stereocenters. The average Bonchev–Trinajstić information content (AvgIpc) is 2.82. The number of hydrogen-bond acceptors (Lipinski definition) is 4. The molecule has 0 aromatic rings. The van der Waals surface area contributed by atoms with E-state index in [2.05, 4.69) is 13.0 Å². The first-order valence-electron chi connectivity index (χ1n) is 9.30. The van der Waals surface area contributed by atoms with Gasteiger partial charge in [-0.15, -0.1) is 0 Å². The zero-order valence-corrected chi connectivity index (χ0v) is 14.6. The van der Waals surface area contributed by atoms with Crippen molar-refractivity contribution in [2.75, 3.05) is 0 Å². The van der Waals surface area contributed by atoms with Gasteiger partial charge in [-0.05, 0) is 62.9 Å². The van der Waals surface area contributed by atoms with Gasteiger partial charge in [0, 0.05) is 17.3 Å². The van der Waals surface area contributed by atoms with Crippen molar-refractivity contribution in [2.24, 2.45) is 22.7 Å². The fraction of sp³-hybridized carbons (Fsp3) is 0.800. The van der Waals surface area contributed by atoms with Crippen LogP contribution in [0.1, 0.15) is 65.2 Å². The van der Waals surface area contributed by atoms with Crippen LogP contribution in [0.5, 0.6) is 0 Å². The van der Waals surface area contributed by atoms with E-state index in [1.54, 1.807) is 6.08 Å². The van der Waals surface area contributed by atoms with E-state index in [9.17, 15) is 20.3 Å². The van der Waals surface area contributed by atoms with Gasteiger partial charge >= 0.3 is 0 Å². The summed E-state index contributed by atoms with van der Waals surface area (Å²) in [6.45, 7) is 4.18. The average molecular weight is 329 g/mol. The predicted molar refractivity (Wildman–Crippen MR) is 88.7 cm³/mol. The first-order valence-corrected chi connectivity index (χ1v) is 9.30. The zero-order valence-electron chi connectivity index (χ0n) is 14.6. The number of aliphatic hydroxyl groups is 2. The lowest BCUT2D eigenvalue weighted by Crippen LogP contribution is -2.64. The summed E-state index contributed by atoms with van der Waals surface area (Å²) >= 11 is 0. The fourth-order valence-electron chi connectivity index (χ4n) is 6.70. The van der Waals surface area contributed by atoms with Gasteiger partial charge in [0.15, 0.2) is 11.4 Å². The van der Waals surface area contributed by atoms with Gasteiger partial charge in [-0.1, -0.05) is 19.4 Å². The summed E-state index contributed by atoms with van der Waals surface area (Å²) < 4.78 is 0. The summed E-state index contributed by atoms with van der Waals surface area (Å²) in [5, 5.41) is 32.2. The molecule has 0 bridgehead atoms. The maximum absolute atomic E-state index is 11.9. The van der Waals surface area contributed by atoms with Crippen LogP contribution in [0.4, 0.5) is 0 Å². The van der Waals surface area contributed by atoms with Gasteiger partial charge < -0.3 is 10.2 Å². The number of carbonyl (C=O) groups is 1. The molecule has 0 aromatic carbocycles. The molecule has 4 nitrogen and oxygen atoms in total. The third-order valence-corrected chi connectivity index (χ3v) is 8.49. The van der Waals surface area contributed by atoms with Gasteiger partial charge in [0.05, 0.1) is 11.7 Å². The van der Waals surface area contributed by atoms with E-state index in [0.717, 1.165) is 31.3 Å². The van der Waals surface area contributed by atoms with Crippen molar-refractivity contribution < 1.29 is 15.0 Å². The zero-order chi connectivity index (χ0) is 17.4. The molecule has 4 aliphatic carbocycles. The molecule has 0 heterocycles. The molecule has 0 spiro atoms. The molecule has 24 heavy (non-hydrogen) atoms. The number of hydrogen-bond donors (Lipinski definition) is 2. The Labute approximate surface area is 143 Å². The van der Waals surface area contributed by atoms with E-state index >= 15 is 0 Å². The minimum absolute atomic E-state index is 0.106. The summed E-state index contributed by atoms with van der Waals surface area (Å²) in [6.07, 6.45) is 7.32. The lowest BCUT2D eigenvalue weighted by Gasteiger charge is -2.63. The molecule has 0 radical (unpaired) electrons. The summed E-state index contributed by atoms with van der Waals surface area (Å²) in [7, 11) is 0. The highest BCUT2D eigenvalue weighted by Gasteiger charge is 2.69. The van der Waals surface area contributed by atoms with Crippen LogP contribution in [-0.2, 0) is 4.79 Å². The Morgan fingerprint density at radius 3 is 2.54 bits per heavy atom. The molecule has 2 N–H and O–H groups in total. The topological polar surface area (TPSA) is 81.3 Å². The van der Waals surface area contributed by atoms with Crippen molar-refractivity contribution >= 4 is 5.78 Å². The summed E-state index contributed by atoms with van der Waals surface area (Å²) in [4.78, 5) is 11.9. The van der Waals surface area contributed by atoms with E-state index in [0.29, 0.717) is 25.7 Å². The molecule has 3 saturated carbocycles. The number of carbonyl (C=O) groups excluding carboxylic acids is 1. The Kier molecular flexibility index (Phi) is 3.20. The van der Waals surface area contributed by atoms with Crippen molar-refractivity contribution in [1.29, 1.82) is 5.26 Å². The second-order valence-electron chi connectivity index (χ2n) is 9.07. The summed E-state index contributed by atoms with van der Waals surface area (Å²) in [5.74, 6) is 0.468. The SMILES string of the molecule is C[C@]12CCC(=O)C=C1CC[C@H]1[C@H]3CC[C@](O)(C#N)[C@@]3(C)CC[C@@]12O. The van der Waals surface area contributed by atoms with Crippen LogP contribution in [0.2, 0.25) is 0 Å². The smallest absolute Gasteiger partial charge is 0.156 e. The molecule has 4 rings (SSSR count). The largest absolute Gasteiger partial charge is 0.389 e. The van der Waals surface area contributed by atoms with E-state index in [4.69, 9.17) is 0 Å². The van der Waals surface area contributed by atoms with Crippen LogP contribution < -0.4 is 0 Å². The van der Waals surface area contributed by atoms with Crippen LogP contribution in [0.25, 0.3) is 0 Å². The van der Waals surface area contributed by atoms with Crippen LogP contribution in [0, 0.1) is 34.0 Å². The van der Waals surface area contributed by atoms with Crippen molar-refractivity contribution in [3.8, 4) is 6.07 Å². The van der Waals surface area contributed by atoms with Gasteiger partial charge in [-0.25, -0.2) is 0 Å². The van der Waals surface area contributed by atoms with Crippen LogP contribution in [-0.4, -0.2) is 27.2 Å². The van der Waals surface area contributed by atoms with E-state index in [-0.39, 0.29) is 23.0 Å². The molecule has 0 aliphatic heterocycles. The van der Waals surface area contributed by atoms with Crippen molar-refractivity contribution in [2.45, 2.75) is 76.4 Å². The minimum Gasteiger partial charge on any atom is -0.389 e. The monoisotopic (exact) mass is 329 g/mol. The maximum atomic E-state index is 11.9.